The van der Waals surface area contributed by atoms with Crippen molar-refractivity contribution in [3.8, 4) is 0 Å². The Bertz CT molecular complexity index is 97.0. The molecule has 54 valence electrons. The van der Waals surface area contributed by atoms with Gasteiger partial charge in [-0.15, -0.1) is 0 Å². The fraction of sp³-hybridized carbons (Fsp3) is 0.800. The Balaban J connectivity index is 3.34. The predicted molar refractivity (Wildman–Crippen MR) is 38.2 cm³/mol. The maximum Gasteiger partial charge on any atom is 0.307 e. The SMILES string of the molecule is COC(=O)CC(C)NS. The van der Waals surface area contributed by atoms with Crippen LogP contribution in [0.25, 0.3) is 0 Å². The molecule has 0 aromatic rings. The topological polar surface area (TPSA) is 38.3 Å². The zero-order chi connectivity index (χ0) is 7.28. The molecule has 4 heteroatoms. The average Bonchev–Trinajstić information content (AvgIpc) is 1.87. The lowest BCUT2D eigenvalue weighted by Crippen LogP contribution is -2.21. The van der Waals surface area contributed by atoms with Gasteiger partial charge in [-0.05, 0) is 6.92 Å². The van der Waals surface area contributed by atoms with Crippen LogP contribution in [0.2, 0.25) is 0 Å². The number of esters is 1. The molecule has 0 heterocycles. The minimum atomic E-state index is -0.218. The van der Waals surface area contributed by atoms with Gasteiger partial charge >= 0.3 is 5.97 Å². The summed E-state index contributed by atoms with van der Waals surface area (Å²) in [5, 5.41) is 0. The number of carbonyl (C=O) groups excluding carboxylic acids is 1. The van der Waals surface area contributed by atoms with Crippen LogP contribution in [-0.4, -0.2) is 19.1 Å². The first-order valence-electron chi connectivity index (χ1n) is 2.67. The first kappa shape index (κ1) is 8.78. The van der Waals surface area contributed by atoms with E-state index in [0.29, 0.717) is 6.42 Å². The maximum atomic E-state index is 10.5. The van der Waals surface area contributed by atoms with Gasteiger partial charge in [0.1, 0.15) is 0 Å². The Morgan fingerprint density at radius 3 is 2.78 bits per heavy atom. The highest BCUT2D eigenvalue weighted by molar-refractivity contribution is 7.78. The highest BCUT2D eigenvalue weighted by Gasteiger charge is 2.05. The van der Waals surface area contributed by atoms with Crippen molar-refractivity contribution in [2.75, 3.05) is 7.11 Å². The number of nitrogens with one attached hydrogen (secondary N) is 1. The molecular formula is C5H11NO2S. The molecule has 3 nitrogen and oxygen atoms in total. The van der Waals surface area contributed by atoms with Gasteiger partial charge < -0.3 is 4.74 Å². The zero-order valence-corrected chi connectivity index (χ0v) is 6.44. The lowest BCUT2D eigenvalue weighted by atomic mass is 10.3. The van der Waals surface area contributed by atoms with Crippen LogP contribution in [0.15, 0.2) is 0 Å². The average molecular weight is 149 g/mol. The van der Waals surface area contributed by atoms with E-state index >= 15 is 0 Å². The third kappa shape index (κ3) is 4.29. The van der Waals surface area contributed by atoms with Crippen molar-refractivity contribution in [2.45, 2.75) is 19.4 Å². The summed E-state index contributed by atoms with van der Waals surface area (Å²) in [6.07, 6.45) is 0.361. The summed E-state index contributed by atoms with van der Waals surface area (Å²) in [7, 11) is 1.37. The van der Waals surface area contributed by atoms with Crippen LogP contribution in [0.3, 0.4) is 0 Å². The van der Waals surface area contributed by atoms with Gasteiger partial charge in [0.15, 0.2) is 0 Å². The van der Waals surface area contributed by atoms with Gasteiger partial charge in [-0.3, -0.25) is 9.52 Å². The van der Waals surface area contributed by atoms with Crippen molar-refractivity contribution in [1.29, 1.82) is 0 Å². The van der Waals surface area contributed by atoms with Crippen LogP contribution in [0.4, 0.5) is 0 Å². The van der Waals surface area contributed by atoms with Crippen molar-refractivity contribution >= 4 is 18.8 Å². The molecule has 0 bridgehead atoms. The van der Waals surface area contributed by atoms with Gasteiger partial charge in [-0.25, -0.2) is 0 Å². The molecule has 0 aliphatic carbocycles. The second-order valence-corrected chi connectivity index (χ2v) is 2.07. The monoisotopic (exact) mass is 149 g/mol. The molecule has 0 saturated heterocycles. The number of hydrogen-bond acceptors (Lipinski definition) is 4. The van der Waals surface area contributed by atoms with Crippen LogP contribution >= 0.6 is 12.8 Å². The first-order valence-corrected chi connectivity index (χ1v) is 3.12. The van der Waals surface area contributed by atoms with Crippen LogP contribution in [0.1, 0.15) is 13.3 Å². The Hall–Kier alpha value is -0.220. The van der Waals surface area contributed by atoms with Gasteiger partial charge in [0.2, 0.25) is 0 Å². The Labute approximate surface area is 60.3 Å². The Kier molecular flexibility index (Phi) is 4.53. The smallest absolute Gasteiger partial charge is 0.307 e. The second-order valence-electron chi connectivity index (χ2n) is 1.81. The molecule has 1 unspecified atom stereocenters. The highest BCUT2D eigenvalue weighted by atomic mass is 32.1. The molecule has 0 spiro atoms. The fourth-order valence-electron chi connectivity index (χ4n) is 0.379. The molecule has 0 aliphatic heterocycles. The van der Waals surface area contributed by atoms with E-state index in [9.17, 15) is 4.79 Å². The molecule has 1 N–H and O–H groups in total. The van der Waals surface area contributed by atoms with E-state index in [1.54, 1.807) is 0 Å². The number of rotatable bonds is 3. The fourth-order valence-corrected chi connectivity index (χ4v) is 0.470. The summed E-state index contributed by atoms with van der Waals surface area (Å²) < 4.78 is 7.03. The van der Waals surface area contributed by atoms with E-state index in [0.717, 1.165) is 0 Å². The summed E-state index contributed by atoms with van der Waals surface area (Å²) in [5.74, 6) is -0.218. The van der Waals surface area contributed by atoms with E-state index in [-0.39, 0.29) is 12.0 Å². The molecule has 0 rings (SSSR count). The number of methoxy groups -OCH3 is 1. The minimum Gasteiger partial charge on any atom is -0.469 e. The van der Waals surface area contributed by atoms with Gasteiger partial charge in [-0.1, -0.05) is 12.8 Å². The van der Waals surface area contributed by atoms with Gasteiger partial charge in [0, 0.05) is 6.04 Å². The molecule has 0 amide bonds. The summed E-state index contributed by atoms with van der Waals surface area (Å²) in [4.78, 5) is 10.5. The number of hydrogen-bond donors (Lipinski definition) is 2. The molecule has 0 saturated carbocycles. The van der Waals surface area contributed by atoms with Crippen molar-refractivity contribution in [3.05, 3.63) is 0 Å². The molecular weight excluding hydrogens is 138 g/mol. The van der Waals surface area contributed by atoms with E-state index < -0.39 is 0 Å². The third-order valence-corrected chi connectivity index (χ3v) is 1.36. The van der Waals surface area contributed by atoms with Crippen molar-refractivity contribution in [1.82, 2.24) is 4.72 Å². The Morgan fingerprint density at radius 1 is 1.89 bits per heavy atom. The Morgan fingerprint density at radius 2 is 2.44 bits per heavy atom. The number of thiol groups is 1. The number of ether oxygens (including phenoxy) is 1. The first-order chi connectivity index (χ1) is 4.20. The second kappa shape index (κ2) is 4.64. The molecule has 0 aromatic heterocycles. The van der Waals surface area contributed by atoms with Crippen molar-refractivity contribution in [2.24, 2.45) is 0 Å². The van der Waals surface area contributed by atoms with Crippen molar-refractivity contribution in [3.63, 3.8) is 0 Å². The largest absolute Gasteiger partial charge is 0.469 e. The quantitative estimate of drug-likeness (QED) is 0.450. The third-order valence-electron chi connectivity index (χ3n) is 0.921. The lowest BCUT2D eigenvalue weighted by Gasteiger charge is -2.05. The summed E-state index contributed by atoms with van der Waals surface area (Å²) in [6, 6.07) is 0.0702. The van der Waals surface area contributed by atoms with E-state index in [2.05, 4.69) is 22.3 Å². The van der Waals surface area contributed by atoms with Gasteiger partial charge in [0.25, 0.3) is 0 Å². The standard InChI is InChI=1S/C5H11NO2S/c1-4(6-9)3-5(7)8-2/h4,6,9H,3H2,1-2H3. The van der Waals surface area contributed by atoms with Crippen LogP contribution < -0.4 is 4.72 Å². The van der Waals surface area contributed by atoms with Crippen LogP contribution in [-0.2, 0) is 9.53 Å². The van der Waals surface area contributed by atoms with Crippen molar-refractivity contribution < 1.29 is 9.53 Å². The summed E-state index contributed by atoms with van der Waals surface area (Å²) in [5.41, 5.74) is 0. The molecule has 0 radical (unpaired) electrons. The molecule has 0 aromatic carbocycles. The number of carbonyl (C=O) groups is 1. The van der Waals surface area contributed by atoms with Gasteiger partial charge in [-0.2, -0.15) is 0 Å². The predicted octanol–water partition coefficient (Wildman–Crippen LogP) is 0.372. The molecule has 1 atom stereocenters. The molecule has 0 aliphatic rings. The van der Waals surface area contributed by atoms with Crippen LogP contribution in [0, 0.1) is 0 Å². The maximum absolute atomic E-state index is 10.5. The minimum absolute atomic E-state index is 0.0702. The summed E-state index contributed by atoms with van der Waals surface area (Å²) in [6.45, 7) is 1.85. The van der Waals surface area contributed by atoms with E-state index in [4.69, 9.17) is 0 Å². The van der Waals surface area contributed by atoms with E-state index in [1.807, 2.05) is 6.92 Å². The lowest BCUT2D eigenvalue weighted by molar-refractivity contribution is -0.140. The highest BCUT2D eigenvalue weighted by Crippen LogP contribution is 1.92. The normalized spacial score (nSPS) is 12.8. The summed E-state index contributed by atoms with van der Waals surface area (Å²) >= 11 is 3.77. The van der Waals surface area contributed by atoms with Crippen LogP contribution in [0.5, 0.6) is 0 Å². The van der Waals surface area contributed by atoms with Gasteiger partial charge in [0.05, 0.1) is 13.5 Å². The zero-order valence-electron chi connectivity index (χ0n) is 5.55. The molecule has 0 fully saturated rings. The van der Waals surface area contributed by atoms with E-state index in [1.165, 1.54) is 7.11 Å². The molecule has 9 heavy (non-hydrogen) atoms.